The van der Waals surface area contributed by atoms with Crippen molar-refractivity contribution in [2.24, 2.45) is 28.6 Å². The zero-order valence-electron chi connectivity index (χ0n) is 15.2. The maximum Gasteiger partial charge on any atom is 0.184 e. The third-order valence-corrected chi connectivity index (χ3v) is 8.46. The second-order valence-electron chi connectivity index (χ2n) is 9.20. The Balaban J connectivity index is 1.72. The van der Waals surface area contributed by atoms with Gasteiger partial charge in [-0.3, -0.25) is 4.79 Å². The van der Waals surface area contributed by atoms with Crippen LogP contribution in [-0.4, -0.2) is 21.6 Å². The number of rotatable bonds is 0. The van der Waals surface area contributed by atoms with Crippen molar-refractivity contribution in [2.45, 2.75) is 64.4 Å². The maximum absolute atomic E-state index is 12.2. The average molecular weight is 340 g/mol. The molecule has 0 bridgehead atoms. The molecule has 0 aromatic carbocycles. The van der Waals surface area contributed by atoms with E-state index in [0.717, 1.165) is 38.4 Å². The summed E-state index contributed by atoms with van der Waals surface area (Å²) in [5.41, 5.74) is 0.577. The summed E-state index contributed by atoms with van der Waals surface area (Å²) >= 11 is 0. The van der Waals surface area contributed by atoms with Gasteiger partial charge in [0.2, 0.25) is 0 Å². The van der Waals surface area contributed by atoms with Crippen molar-refractivity contribution in [3.05, 3.63) is 23.5 Å². The molecule has 3 saturated carbocycles. The van der Waals surface area contributed by atoms with E-state index in [1.165, 1.54) is 5.57 Å². The molecule has 3 fully saturated rings. The summed E-state index contributed by atoms with van der Waals surface area (Å²) in [6, 6.07) is 0. The largest absolute Gasteiger partial charge is 0.515 e. The molecular weight excluding hydrogens is 312 g/mol. The van der Waals surface area contributed by atoms with Crippen LogP contribution in [0.1, 0.15) is 58.8 Å². The standard InChI is InChI=1S/C22H28O3/c1-4-22(25)10-8-18-16-6-5-15-11-19(24)14(13-23)12-20(15,2)17(16)7-9-21(18,22)3/h1,11,13,16-18,23,25H,5-10,12H2,2-3H3/b14-13-/t16-,17+,18+,20+,21+,22+/m1/s1. The van der Waals surface area contributed by atoms with E-state index in [0.29, 0.717) is 36.2 Å². The fourth-order valence-corrected chi connectivity index (χ4v) is 6.90. The molecule has 0 aromatic rings. The van der Waals surface area contributed by atoms with Crippen LogP contribution in [0.2, 0.25) is 0 Å². The Morgan fingerprint density at radius 3 is 2.64 bits per heavy atom. The van der Waals surface area contributed by atoms with Crippen molar-refractivity contribution in [2.75, 3.05) is 0 Å². The number of terminal acetylenes is 1. The highest BCUT2D eigenvalue weighted by Crippen LogP contribution is 2.67. The van der Waals surface area contributed by atoms with Crippen LogP contribution in [0, 0.1) is 40.9 Å². The van der Waals surface area contributed by atoms with E-state index in [-0.39, 0.29) is 16.6 Å². The van der Waals surface area contributed by atoms with Gasteiger partial charge in [-0.1, -0.05) is 25.3 Å². The van der Waals surface area contributed by atoms with Crippen LogP contribution in [-0.2, 0) is 4.79 Å². The molecule has 0 heterocycles. The van der Waals surface area contributed by atoms with Crippen molar-refractivity contribution in [3.63, 3.8) is 0 Å². The summed E-state index contributed by atoms with van der Waals surface area (Å²) < 4.78 is 0. The van der Waals surface area contributed by atoms with Crippen LogP contribution in [0.5, 0.6) is 0 Å². The molecule has 134 valence electrons. The molecule has 0 saturated heterocycles. The zero-order chi connectivity index (χ0) is 18.0. The summed E-state index contributed by atoms with van der Waals surface area (Å²) in [6.07, 6.45) is 14.8. The number of fused-ring (bicyclic) bond motifs is 5. The van der Waals surface area contributed by atoms with Crippen molar-refractivity contribution in [3.8, 4) is 12.3 Å². The number of hydrogen-bond donors (Lipinski definition) is 2. The molecule has 6 atom stereocenters. The van der Waals surface area contributed by atoms with Crippen LogP contribution >= 0.6 is 0 Å². The molecule has 0 radical (unpaired) electrons. The second kappa shape index (κ2) is 5.24. The van der Waals surface area contributed by atoms with Gasteiger partial charge in [0.15, 0.2) is 5.78 Å². The van der Waals surface area contributed by atoms with E-state index >= 15 is 0 Å². The number of carbonyl (C=O) groups is 1. The first-order chi connectivity index (χ1) is 11.8. The molecule has 4 rings (SSSR count). The van der Waals surface area contributed by atoms with Gasteiger partial charge in [0.25, 0.3) is 0 Å². The van der Waals surface area contributed by atoms with Crippen molar-refractivity contribution in [1.82, 2.24) is 0 Å². The van der Waals surface area contributed by atoms with Gasteiger partial charge in [-0.25, -0.2) is 0 Å². The summed E-state index contributed by atoms with van der Waals surface area (Å²) in [5, 5.41) is 20.5. The van der Waals surface area contributed by atoms with Gasteiger partial charge in [-0.15, -0.1) is 6.42 Å². The molecule has 4 aliphatic carbocycles. The third-order valence-electron chi connectivity index (χ3n) is 8.46. The van der Waals surface area contributed by atoms with E-state index in [9.17, 15) is 15.0 Å². The number of hydrogen-bond acceptors (Lipinski definition) is 3. The Hall–Kier alpha value is -1.53. The van der Waals surface area contributed by atoms with E-state index in [2.05, 4.69) is 19.8 Å². The summed E-state index contributed by atoms with van der Waals surface area (Å²) in [5.74, 6) is 4.17. The number of allylic oxidation sites excluding steroid dienone is 2. The Bertz CT molecular complexity index is 726. The smallest absolute Gasteiger partial charge is 0.184 e. The van der Waals surface area contributed by atoms with Crippen LogP contribution < -0.4 is 0 Å². The quantitative estimate of drug-likeness (QED) is 0.399. The van der Waals surface area contributed by atoms with E-state index < -0.39 is 5.60 Å². The summed E-state index contributed by atoms with van der Waals surface area (Å²) in [4.78, 5) is 12.2. The van der Waals surface area contributed by atoms with Gasteiger partial charge in [0.1, 0.15) is 5.60 Å². The lowest BCUT2D eigenvalue weighted by atomic mass is 9.46. The Morgan fingerprint density at radius 1 is 1.24 bits per heavy atom. The van der Waals surface area contributed by atoms with Gasteiger partial charge in [-0.05, 0) is 74.2 Å². The first-order valence-electron chi connectivity index (χ1n) is 9.58. The molecule has 0 aliphatic heterocycles. The SMILES string of the molecule is C#C[C@]1(O)CC[C@H]2[C@@H]3CCC4=CC(=O)/C(=C\O)C[C@]4(C)[C@H]3CC[C@@]21C. The lowest BCUT2D eigenvalue weighted by Crippen LogP contribution is -2.54. The van der Waals surface area contributed by atoms with Crippen molar-refractivity contribution in [1.29, 1.82) is 0 Å². The molecule has 3 heteroatoms. The molecule has 0 spiro atoms. The Labute approximate surface area is 150 Å². The zero-order valence-corrected chi connectivity index (χ0v) is 15.2. The minimum absolute atomic E-state index is 0.0309. The number of aliphatic hydroxyl groups excluding tert-OH is 1. The molecule has 0 amide bonds. The fraction of sp³-hybridized carbons (Fsp3) is 0.682. The number of ketones is 1. The van der Waals surface area contributed by atoms with E-state index in [4.69, 9.17) is 6.42 Å². The first-order valence-corrected chi connectivity index (χ1v) is 9.58. The number of carbonyl (C=O) groups excluding carboxylic acids is 1. The van der Waals surface area contributed by atoms with E-state index in [1.807, 2.05) is 0 Å². The molecule has 25 heavy (non-hydrogen) atoms. The molecular formula is C22H28O3. The Morgan fingerprint density at radius 2 is 1.96 bits per heavy atom. The van der Waals surface area contributed by atoms with Gasteiger partial charge >= 0.3 is 0 Å². The van der Waals surface area contributed by atoms with Crippen LogP contribution in [0.4, 0.5) is 0 Å². The van der Waals surface area contributed by atoms with Crippen LogP contribution in [0.25, 0.3) is 0 Å². The molecule has 0 aromatic heterocycles. The predicted octanol–water partition coefficient (Wildman–Crippen LogP) is 3.93. The third kappa shape index (κ3) is 2.01. The highest BCUT2D eigenvalue weighted by molar-refractivity contribution is 6.05. The highest BCUT2D eigenvalue weighted by Gasteiger charge is 2.63. The second-order valence-corrected chi connectivity index (χ2v) is 9.20. The van der Waals surface area contributed by atoms with Crippen molar-refractivity contribution >= 4 is 5.78 Å². The van der Waals surface area contributed by atoms with Crippen molar-refractivity contribution < 1.29 is 15.0 Å². The lowest BCUT2D eigenvalue weighted by Gasteiger charge is -2.58. The molecule has 4 aliphatic rings. The van der Waals surface area contributed by atoms with Crippen LogP contribution in [0.3, 0.4) is 0 Å². The fourth-order valence-electron chi connectivity index (χ4n) is 6.90. The Kier molecular flexibility index (Phi) is 3.54. The molecule has 3 nitrogen and oxygen atoms in total. The minimum Gasteiger partial charge on any atom is -0.515 e. The topological polar surface area (TPSA) is 57.5 Å². The van der Waals surface area contributed by atoms with Gasteiger partial charge in [0.05, 0.1) is 6.26 Å². The van der Waals surface area contributed by atoms with Gasteiger partial charge in [0, 0.05) is 11.0 Å². The lowest BCUT2D eigenvalue weighted by molar-refractivity contribution is -0.115. The number of aliphatic hydroxyl groups is 2. The monoisotopic (exact) mass is 340 g/mol. The van der Waals surface area contributed by atoms with Crippen LogP contribution in [0.15, 0.2) is 23.5 Å². The predicted molar refractivity (Wildman–Crippen MR) is 96.6 cm³/mol. The molecule has 0 unspecified atom stereocenters. The highest BCUT2D eigenvalue weighted by atomic mass is 16.3. The summed E-state index contributed by atoms with van der Waals surface area (Å²) in [6.45, 7) is 4.47. The normalized spacial score (nSPS) is 50.5. The minimum atomic E-state index is -0.974. The average Bonchev–Trinajstić information content (AvgIpc) is 2.87. The molecule has 2 N–H and O–H groups in total. The van der Waals surface area contributed by atoms with E-state index in [1.54, 1.807) is 6.08 Å². The summed E-state index contributed by atoms with van der Waals surface area (Å²) in [7, 11) is 0. The van der Waals surface area contributed by atoms with Gasteiger partial charge < -0.3 is 10.2 Å². The maximum atomic E-state index is 12.2. The first kappa shape index (κ1) is 16.9. The van der Waals surface area contributed by atoms with Gasteiger partial charge in [-0.2, -0.15) is 0 Å².